The molecule has 0 saturated heterocycles. The fourth-order valence-corrected chi connectivity index (χ4v) is 3.41. The molecule has 2 aromatic carbocycles. The summed E-state index contributed by atoms with van der Waals surface area (Å²) in [6, 6.07) is 13.2. The van der Waals surface area contributed by atoms with Gasteiger partial charge >= 0.3 is 0 Å². The van der Waals surface area contributed by atoms with E-state index in [0.717, 1.165) is 18.4 Å². The largest absolute Gasteiger partial charge is 0.271 e. The van der Waals surface area contributed by atoms with Crippen molar-refractivity contribution in [2.24, 2.45) is 11.8 Å². The summed E-state index contributed by atoms with van der Waals surface area (Å²) in [5.74, 6) is 5.88. The first kappa shape index (κ1) is 14.5. The molecule has 0 amide bonds. The zero-order valence-electron chi connectivity index (χ0n) is 11.7. The van der Waals surface area contributed by atoms with Crippen molar-refractivity contribution < 1.29 is 4.39 Å². The van der Waals surface area contributed by atoms with Crippen LogP contribution < -0.4 is 11.3 Å². The fourth-order valence-electron chi connectivity index (χ4n) is 3.16. The molecule has 0 bridgehead atoms. The predicted molar refractivity (Wildman–Crippen MR) is 83.6 cm³/mol. The normalized spacial score (nSPS) is 16.0. The second-order valence-corrected chi connectivity index (χ2v) is 6.06. The van der Waals surface area contributed by atoms with E-state index in [-0.39, 0.29) is 11.9 Å². The lowest BCUT2D eigenvalue weighted by atomic mass is 9.91. The van der Waals surface area contributed by atoms with Gasteiger partial charge in [0.1, 0.15) is 5.82 Å². The highest BCUT2D eigenvalue weighted by Gasteiger charge is 2.28. The van der Waals surface area contributed by atoms with E-state index in [0.29, 0.717) is 17.4 Å². The molecule has 4 heteroatoms. The van der Waals surface area contributed by atoms with E-state index in [4.69, 9.17) is 17.4 Å². The van der Waals surface area contributed by atoms with Crippen LogP contribution in [-0.4, -0.2) is 6.04 Å². The predicted octanol–water partition coefficient (Wildman–Crippen LogP) is 3.27. The Kier molecular flexibility index (Phi) is 4.24. The van der Waals surface area contributed by atoms with Gasteiger partial charge in [-0.3, -0.25) is 11.3 Å². The molecule has 110 valence electrons. The van der Waals surface area contributed by atoms with Gasteiger partial charge in [0.05, 0.1) is 0 Å². The Balaban J connectivity index is 1.75. The van der Waals surface area contributed by atoms with Crippen molar-refractivity contribution in [3.05, 3.63) is 70.0 Å². The summed E-state index contributed by atoms with van der Waals surface area (Å²) in [4.78, 5) is 0. The summed E-state index contributed by atoms with van der Waals surface area (Å²) in [7, 11) is 0. The minimum atomic E-state index is -0.311. The smallest absolute Gasteiger partial charge is 0.124 e. The molecule has 1 unspecified atom stereocenters. The molecule has 1 atom stereocenters. The van der Waals surface area contributed by atoms with Crippen LogP contribution in [0.15, 0.2) is 42.5 Å². The summed E-state index contributed by atoms with van der Waals surface area (Å²) in [5.41, 5.74) is 6.64. The van der Waals surface area contributed by atoms with Crippen LogP contribution in [0.25, 0.3) is 0 Å². The highest BCUT2D eigenvalue weighted by atomic mass is 35.5. The molecule has 0 saturated carbocycles. The molecule has 1 aliphatic rings. The Bertz CT molecular complexity index is 619. The third-order valence-electron chi connectivity index (χ3n) is 4.32. The lowest BCUT2D eigenvalue weighted by molar-refractivity contribution is 0.367. The highest BCUT2D eigenvalue weighted by molar-refractivity contribution is 6.31. The third kappa shape index (κ3) is 3.10. The molecular formula is C17H18ClFN2. The van der Waals surface area contributed by atoms with Crippen LogP contribution >= 0.6 is 11.6 Å². The standard InChI is InChI=1S/C17H18ClFN2/c18-16-10-15(19)6-5-13(16)9-17(21-20)14-7-11-3-1-2-4-12(11)8-14/h1-6,10,14,17,21H,7-9,20H2. The van der Waals surface area contributed by atoms with Crippen LogP contribution in [0.2, 0.25) is 5.02 Å². The topological polar surface area (TPSA) is 38.0 Å². The zero-order valence-corrected chi connectivity index (χ0v) is 12.4. The SMILES string of the molecule is NNC(Cc1ccc(F)cc1Cl)C1Cc2ccccc2C1. The van der Waals surface area contributed by atoms with Gasteiger partial charge < -0.3 is 0 Å². The van der Waals surface area contributed by atoms with E-state index in [1.165, 1.54) is 23.3 Å². The van der Waals surface area contributed by atoms with Gasteiger partial charge in [0, 0.05) is 11.1 Å². The molecule has 0 fully saturated rings. The quantitative estimate of drug-likeness (QED) is 0.672. The molecule has 0 radical (unpaired) electrons. The molecule has 2 aromatic rings. The number of benzene rings is 2. The third-order valence-corrected chi connectivity index (χ3v) is 4.67. The van der Waals surface area contributed by atoms with Crippen molar-refractivity contribution in [1.82, 2.24) is 5.43 Å². The Morgan fingerprint density at radius 1 is 1.19 bits per heavy atom. The summed E-state index contributed by atoms with van der Waals surface area (Å²) in [6.45, 7) is 0. The van der Waals surface area contributed by atoms with Crippen molar-refractivity contribution >= 4 is 11.6 Å². The van der Waals surface area contributed by atoms with Gasteiger partial charge in [0.2, 0.25) is 0 Å². The molecule has 0 aromatic heterocycles. The van der Waals surface area contributed by atoms with Gasteiger partial charge in [-0.2, -0.15) is 0 Å². The number of halogens is 2. The molecule has 1 aliphatic carbocycles. The number of hydrogen-bond donors (Lipinski definition) is 2. The molecule has 0 heterocycles. The molecule has 3 rings (SSSR count). The number of fused-ring (bicyclic) bond motifs is 1. The first-order valence-corrected chi connectivity index (χ1v) is 7.52. The maximum absolute atomic E-state index is 13.1. The van der Waals surface area contributed by atoms with Gasteiger partial charge in [-0.25, -0.2) is 4.39 Å². The fraction of sp³-hybridized carbons (Fsp3) is 0.294. The van der Waals surface area contributed by atoms with Crippen molar-refractivity contribution in [3.63, 3.8) is 0 Å². The van der Waals surface area contributed by atoms with E-state index in [1.54, 1.807) is 6.07 Å². The second kappa shape index (κ2) is 6.14. The lowest BCUT2D eigenvalue weighted by Crippen LogP contribution is -2.43. The molecule has 0 spiro atoms. The van der Waals surface area contributed by atoms with Gasteiger partial charge in [-0.05, 0) is 54.0 Å². The molecule has 21 heavy (non-hydrogen) atoms. The molecule has 3 N–H and O–H groups in total. The van der Waals surface area contributed by atoms with Gasteiger partial charge in [-0.1, -0.05) is 41.9 Å². The van der Waals surface area contributed by atoms with Gasteiger partial charge in [0.25, 0.3) is 0 Å². The average molecular weight is 305 g/mol. The van der Waals surface area contributed by atoms with Crippen LogP contribution in [-0.2, 0) is 19.3 Å². The van der Waals surface area contributed by atoms with Crippen LogP contribution in [0.4, 0.5) is 4.39 Å². The van der Waals surface area contributed by atoms with Crippen LogP contribution in [0.1, 0.15) is 16.7 Å². The first-order chi connectivity index (χ1) is 10.2. The van der Waals surface area contributed by atoms with Crippen LogP contribution in [0.3, 0.4) is 0 Å². The van der Waals surface area contributed by atoms with Crippen molar-refractivity contribution in [1.29, 1.82) is 0 Å². The monoisotopic (exact) mass is 304 g/mol. The maximum Gasteiger partial charge on any atom is 0.124 e. The van der Waals surface area contributed by atoms with Crippen molar-refractivity contribution in [3.8, 4) is 0 Å². The second-order valence-electron chi connectivity index (χ2n) is 5.65. The molecule has 2 nitrogen and oxygen atoms in total. The first-order valence-electron chi connectivity index (χ1n) is 7.14. The lowest BCUT2D eigenvalue weighted by Gasteiger charge is -2.23. The number of rotatable bonds is 4. The minimum absolute atomic E-state index is 0.125. The van der Waals surface area contributed by atoms with Crippen molar-refractivity contribution in [2.75, 3.05) is 0 Å². The number of hydrazine groups is 1. The Labute approximate surface area is 129 Å². The van der Waals surface area contributed by atoms with Crippen molar-refractivity contribution in [2.45, 2.75) is 25.3 Å². The van der Waals surface area contributed by atoms with E-state index in [9.17, 15) is 4.39 Å². The number of hydrogen-bond acceptors (Lipinski definition) is 2. The van der Waals surface area contributed by atoms with E-state index < -0.39 is 0 Å². The maximum atomic E-state index is 13.1. The number of nitrogens with two attached hydrogens (primary N) is 1. The van der Waals surface area contributed by atoms with Crippen LogP contribution in [0, 0.1) is 11.7 Å². The molecular weight excluding hydrogens is 287 g/mol. The number of nitrogens with one attached hydrogen (secondary N) is 1. The highest BCUT2D eigenvalue weighted by Crippen LogP contribution is 2.30. The zero-order chi connectivity index (χ0) is 14.8. The van der Waals surface area contributed by atoms with Gasteiger partial charge in [-0.15, -0.1) is 0 Å². The average Bonchev–Trinajstić information content (AvgIpc) is 2.90. The summed E-state index contributed by atoms with van der Waals surface area (Å²) in [6.07, 6.45) is 2.74. The van der Waals surface area contributed by atoms with E-state index >= 15 is 0 Å². The minimum Gasteiger partial charge on any atom is -0.271 e. The summed E-state index contributed by atoms with van der Waals surface area (Å²) in [5, 5.41) is 0.464. The Hall–Kier alpha value is -1.42. The van der Waals surface area contributed by atoms with Crippen LogP contribution in [0.5, 0.6) is 0 Å². The Morgan fingerprint density at radius 2 is 1.86 bits per heavy atom. The molecule has 0 aliphatic heterocycles. The van der Waals surface area contributed by atoms with E-state index in [2.05, 4.69) is 29.7 Å². The van der Waals surface area contributed by atoms with E-state index in [1.807, 2.05) is 0 Å². The summed E-state index contributed by atoms with van der Waals surface area (Å²) < 4.78 is 13.1. The summed E-state index contributed by atoms with van der Waals surface area (Å²) >= 11 is 6.12. The van der Waals surface area contributed by atoms with Gasteiger partial charge in [0.15, 0.2) is 0 Å². The Morgan fingerprint density at radius 3 is 2.43 bits per heavy atom.